The highest BCUT2D eigenvalue weighted by Gasteiger charge is 2.24. The van der Waals surface area contributed by atoms with Crippen LogP contribution in [0.4, 0.5) is 0 Å². The average molecular weight is 330 g/mol. The van der Waals surface area contributed by atoms with E-state index in [1.54, 1.807) is 7.11 Å². The van der Waals surface area contributed by atoms with E-state index in [1.165, 1.54) is 16.8 Å². The van der Waals surface area contributed by atoms with E-state index in [2.05, 4.69) is 44.5 Å². The molecule has 0 atom stereocenters. The number of aryl methyl sites for hydroxylation is 1. The third kappa shape index (κ3) is 2.23. The molecule has 5 heteroatoms. The molecule has 4 heterocycles. The van der Waals surface area contributed by atoms with Gasteiger partial charge in [0.05, 0.1) is 7.11 Å². The fourth-order valence-electron chi connectivity index (χ4n) is 3.68. The van der Waals surface area contributed by atoms with Crippen molar-refractivity contribution in [1.29, 1.82) is 0 Å². The smallest absolute Gasteiger partial charge is 0.136 e. The Kier molecular flexibility index (Phi) is 3.13. The van der Waals surface area contributed by atoms with Crippen molar-refractivity contribution in [3.8, 4) is 28.1 Å². The van der Waals surface area contributed by atoms with Crippen molar-refractivity contribution in [2.45, 2.75) is 19.4 Å². The van der Waals surface area contributed by atoms with Crippen LogP contribution in [0.2, 0.25) is 0 Å². The molecule has 0 aliphatic carbocycles. The van der Waals surface area contributed by atoms with Crippen molar-refractivity contribution in [1.82, 2.24) is 19.2 Å². The number of ether oxygens (including phenoxy) is 1. The highest BCUT2D eigenvalue weighted by molar-refractivity contribution is 5.83. The van der Waals surface area contributed by atoms with Gasteiger partial charge in [0.2, 0.25) is 0 Å². The lowest BCUT2D eigenvalue weighted by molar-refractivity contribution is 0.415. The Balaban J connectivity index is 1.74. The van der Waals surface area contributed by atoms with Crippen molar-refractivity contribution in [2.24, 2.45) is 0 Å². The van der Waals surface area contributed by atoms with Crippen molar-refractivity contribution in [3.63, 3.8) is 0 Å². The van der Waals surface area contributed by atoms with Crippen LogP contribution in [0, 0.1) is 0 Å². The van der Waals surface area contributed by atoms with E-state index >= 15 is 0 Å². The molecule has 0 unspecified atom stereocenters. The Bertz CT molecular complexity index is 1080. The monoisotopic (exact) mass is 330 g/mol. The van der Waals surface area contributed by atoms with Gasteiger partial charge in [0.1, 0.15) is 17.1 Å². The van der Waals surface area contributed by atoms with Gasteiger partial charge in [-0.3, -0.25) is 4.68 Å². The third-order valence-corrected chi connectivity index (χ3v) is 4.86. The maximum atomic E-state index is 5.40. The first-order valence-electron chi connectivity index (χ1n) is 8.51. The molecule has 0 saturated heterocycles. The molecule has 0 fully saturated rings. The Morgan fingerprint density at radius 1 is 1.12 bits per heavy atom. The van der Waals surface area contributed by atoms with E-state index in [-0.39, 0.29) is 0 Å². The van der Waals surface area contributed by atoms with Crippen LogP contribution in [0.3, 0.4) is 0 Å². The summed E-state index contributed by atoms with van der Waals surface area (Å²) in [5.41, 5.74) is 6.77. The molecule has 0 radical (unpaired) electrons. The molecule has 25 heavy (non-hydrogen) atoms. The van der Waals surface area contributed by atoms with Crippen LogP contribution in [0.1, 0.15) is 12.1 Å². The van der Waals surface area contributed by atoms with Crippen molar-refractivity contribution >= 4 is 5.65 Å². The minimum absolute atomic E-state index is 0.849. The summed E-state index contributed by atoms with van der Waals surface area (Å²) in [6, 6.07) is 12.3. The first-order valence-corrected chi connectivity index (χ1v) is 8.51. The predicted octanol–water partition coefficient (Wildman–Crippen LogP) is 3.82. The maximum absolute atomic E-state index is 5.40. The van der Waals surface area contributed by atoms with E-state index in [0.29, 0.717) is 0 Å². The minimum atomic E-state index is 0.849. The quantitative estimate of drug-likeness (QED) is 0.573. The van der Waals surface area contributed by atoms with Crippen LogP contribution in [-0.2, 0) is 13.0 Å². The second-order valence-corrected chi connectivity index (χ2v) is 6.34. The number of benzene rings is 1. The number of aromatic nitrogens is 4. The SMILES string of the molecule is COc1cccc(-c2nn3c(c2-c2ccc4nccn4c2)CCC3)c1. The predicted molar refractivity (Wildman–Crippen MR) is 96.7 cm³/mol. The summed E-state index contributed by atoms with van der Waals surface area (Å²) in [5, 5.41) is 4.92. The molecule has 0 amide bonds. The summed E-state index contributed by atoms with van der Waals surface area (Å²) in [4.78, 5) is 4.34. The summed E-state index contributed by atoms with van der Waals surface area (Å²) < 4.78 is 9.61. The van der Waals surface area contributed by atoms with Gasteiger partial charge in [-0.2, -0.15) is 5.10 Å². The van der Waals surface area contributed by atoms with Gasteiger partial charge in [0.15, 0.2) is 0 Å². The Labute approximate surface area is 145 Å². The second-order valence-electron chi connectivity index (χ2n) is 6.34. The van der Waals surface area contributed by atoms with Crippen LogP contribution in [-0.4, -0.2) is 26.3 Å². The van der Waals surface area contributed by atoms with E-state index in [4.69, 9.17) is 9.84 Å². The largest absolute Gasteiger partial charge is 0.497 e. The molecular formula is C20H18N4O. The fourth-order valence-corrected chi connectivity index (χ4v) is 3.68. The summed E-state index contributed by atoms with van der Waals surface area (Å²) in [6.07, 6.45) is 8.16. The van der Waals surface area contributed by atoms with Crippen molar-refractivity contribution in [2.75, 3.05) is 7.11 Å². The number of methoxy groups -OCH3 is 1. The van der Waals surface area contributed by atoms with Gasteiger partial charge in [-0.25, -0.2) is 4.98 Å². The van der Waals surface area contributed by atoms with E-state index in [1.807, 2.05) is 24.5 Å². The number of hydrogen-bond acceptors (Lipinski definition) is 3. The van der Waals surface area contributed by atoms with Gasteiger partial charge >= 0.3 is 0 Å². The van der Waals surface area contributed by atoms with Gasteiger partial charge in [0.25, 0.3) is 0 Å². The lowest BCUT2D eigenvalue weighted by Gasteiger charge is -2.08. The van der Waals surface area contributed by atoms with Gasteiger partial charge in [-0.05, 0) is 37.1 Å². The molecule has 0 bridgehead atoms. The zero-order chi connectivity index (χ0) is 16.8. The molecule has 1 aliphatic heterocycles. The number of fused-ring (bicyclic) bond motifs is 2. The molecule has 0 spiro atoms. The van der Waals surface area contributed by atoms with Gasteiger partial charge in [0, 0.05) is 47.5 Å². The molecule has 5 rings (SSSR count). The summed E-state index contributed by atoms with van der Waals surface area (Å²) in [7, 11) is 1.69. The van der Waals surface area contributed by atoms with Crippen LogP contribution in [0.25, 0.3) is 28.0 Å². The first-order chi connectivity index (χ1) is 12.3. The maximum Gasteiger partial charge on any atom is 0.136 e. The van der Waals surface area contributed by atoms with E-state index in [9.17, 15) is 0 Å². The van der Waals surface area contributed by atoms with Crippen LogP contribution >= 0.6 is 0 Å². The highest BCUT2D eigenvalue weighted by Crippen LogP contribution is 2.38. The second kappa shape index (κ2) is 5.48. The van der Waals surface area contributed by atoms with Crippen LogP contribution < -0.4 is 4.74 Å². The number of rotatable bonds is 3. The topological polar surface area (TPSA) is 44.3 Å². The summed E-state index contributed by atoms with van der Waals surface area (Å²) in [5.74, 6) is 0.849. The minimum Gasteiger partial charge on any atom is -0.497 e. The molecule has 1 aliphatic rings. The van der Waals surface area contributed by atoms with Crippen LogP contribution in [0.5, 0.6) is 5.75 Å². The van der Waals surface area contributed by atoms with Crippen molar-refractivity contribution < 1.29 is 4.74 Å². The zero-order valence-corrected chi connectivity index (χ0v) is 14.0. The Hall–Kier alpha value is -3.08. The van der Waals surface area contributed by atoms with E-state index < -0.39 is 0 Å². The van der Waals surface area contributed by atoms with Gasteiger partial charge < -0.3 is 9.14 Å². The molecule has 5 nitrogen and oxygen atoms in total. The third-order valence-electron chi connectivity index (χ3n) is 4.86. The molecule has 3 aromatic heterocycles. The molecule has 1 aromatic carbocycles. The van der Waals surface area contributed by atoms with Crippen LogP contribution in [0.15, 0.2) is 55.0 Å². The van der Waals surface area contributed by atoms with Crippen molar-refractivity contribution in [3.05, 3.63) is 60.7 Å². The molecular weight excluding hydrogens is 312 g/mol. The van der Waals surface area contributed by atoms with Gasteiger partial charge in [-0.1, -0.05) is 12.1 Å². The molecule has 124 valence electrons. The normalized spacial score (nSPS) is 13.3. The molecule has 0 saturated carbocycles. The standard InChI is InChI=1S/C20H18N4O/c1-25-16-5-2-4-14(12-16)20-19(17-6-3-10-24(17)22-20)15-7-8-18-21-9-11-23(18)13-15/h2,4-5,7-9,11-13H,3,6,10H2,1H3. The Morgan fingerprint density at radius 3 is 3.00 bits per heavy atom. The lowest BCUT2D eigenvalue weighted by atomic mass is 9.99. The zero-order valence-electron chi connectivity index (χ0n) is 14.0. The number of nitrogens with zero attached hydrogens (tertiary/aromatic N) is 4. The summed E-state index contributed by atoms with van der Waals surface area (Å²) >= 11 is 0. The number of pyridine rings is 1. The molecule has 0 N–H and O–H groups in total. The number of hydrogen-bond donors (Lipinski definition) is 0. The first kappa shape index (κ1) is 14.3. The lowest BCUT2D eigenvalue weighted by Crippen LogP contribution is -1.94. The van der Waals surface area contributed by atoms with E-state index in [0.717, 1.165) is 42.0 Å². The average Bonchev–Trinajstić information content (AvgIpc) is 3.36. The highest BCUT2D eigenvalue weighted by atomic mass is 16.5. The Morgan fingerprint density at radius 2 is 2.08 bits per heavy atom. The van der Waals surface area contributed by atoms with Gasteiger partial charge in [-0.15, -0.1) is 0 Å². The fraction of sp³-hybridized carbons (Fsp3) is 0.200. The number of imidazole rings is 1. The summed E-state index contributed by atoms with van der Waals surface area (Å²) in [6.45, 7) is 0.986. The molecule has 4 aromatic rings.